The number of rotatable bonds is 10. The third-order valence-corrected chi connectivity index (χ3v) is 4.75. The van der Waals surface area contributed by atoms with Crippen LogP contribution in [0.25, 0.3) is 0 Å². The molecule has 0 aromatic heterocycles. The zero-order valence-electron chi connectivity index (χ0n) is 16.1. The van der Waals surface area contributed by atoms with E-state index >= 15 is 0 Å². The van der Waals surface area contributed by atoms with Gasteiger partial charge in [-0.15, -0.1) is 0 Å². The molecule has 1 aliphatic rings. The van der Waals surface area contributed by atoms with Crippen LogP contribution in [-0.2, 0) is 9.53 Å². The van der Waals surface area contributed by atoms with E-state index in [1.54, 1.807) is 6.07 Å². The highest BCUT2D eigenvalue weighted by atomic mass is 19.1. The molecule has 0 bridgehead atoms. The fraction of sp³-hybridized carbons (Fsp3) is 0.667. The predicted molar refractivity (Wildman–Crippen MR) is 103 cm³/mol. The van der Waals surface area contributed by atoms with Gasteiger partial charge in [0.25, 0.3) is 0 Å². The van der Waals surface area contributed by atoms with Gasteiger partial charge in [-0.2, -0.15) is 0 Å². The van der Waals surface area contributed by atoms with Gasteiger partial charge in [0.2, 0.25) is 5.91 Å². The first-order chi connectivity index (χ1) is 12.6. The highest BCUT2D eigenvalue weighted by molar-refractivity contribution is 5.76. The molecule has 148 valence electrons. The van der Waals surface area contributed by atoms with Crippen LogP contribution in [0.1, 0.15) is 71.7 Å². The topological polar surface area (TPSA) is 47.6 Å². The summed E-state index contributed by atoms with van der Waals surface area (Å²) < 4.78 is 24.6. The van der Waals surface area contributed by atoms with Gasteiger partial charge < -0.3 is 14.8 Å². The Hall–Kier alpha value is -1.62. The van der Waals surface area contributed by atoms with Gasteiger partial charge in [0.15, 0.2) is 0 Å². The quantitative estimate of drug-likeness (QED) is 0.603. The lowest BCUT2D eigenvalue weighted by Gasteiger charge is -2.22. The van der Waals surface area contributed by atoms with Crippen LogP contribution in [0.3, 0.4) is 0 Å². The lowest BCUT2D eigenvalue weighted by Crippen LogP contribution is -2.36. The van der Waals surface area contributed by atoms with Crippen LogP contribution >= 0.6 is 0 Å². The van der Waals surface area contributed by atoms with Gasteiger partial charge in [0, 0.05) is 26.6 Å². The summed E-state index contributed by atoms with van der Waals surface area (Å²) in [5, 5.41) is 3.11. The van der Waals surface area contributed by atoms with Crippen LogP contribution in [0.2, 0.25) is 0 Å². The van der Waals surface area contributed by atoms with E-state index < -0.39 is 0 Å². The number of ether oxygens (including phenoxy) is 2. The van der Waals surface area contributed by atoms with Gasteiger partial charge in [0.1, 0.15) is 18.2 Å². The van der Waals surface area contributed by atoms with Gasteiger partial charge >= 0.3 is 0 Å². The monoisotopic (exact) mass is 367 g/mol. The number of hydrogen-bond acceptors (Lipinski definition) is 3. The molecule has 0 unspecified atom stereocenters. The third-order valence-electron chi connectivity index (χ3n) is 4.75. The van der Waals surface area contributed by atoms with E-state index in [1.165, 1.54) is 31.4 Å². The van der Waals surface area contributed by atoms with Gasteiger partial charge in [-0.1, -0.05) is 39.2 Å². The maximum Gasteiger partial charge on any atom is 0.220 e. The summed E-state index contributed by atoms with van der Waals surface area (Å²) in [7, 11) is 0. The Morgan fingerprint density at radius 3 is 2.73 bits per heavy atom. The van der Waals surface area contributed by atoms with E-state index in [2.05, 4.69) is 19.2 Å². The molecule has 1 aromatic carbocycles. The minimum Gasteiger partial charge on any atom is -0.491 e. The van der Waals surface area contributed by atoms with Crippen LogP contribution < -0.4 is 10.1 Å². The SMILES string of the molecule is CC(C)c1ccc(F)cc1OCCOCCCC(=O)NC1CCCCC1.[HH]. The highest BCUT2D eigenvalue weighted by Crippen LogP contribution is 2.27. The van der Waals surface area contributed by atoms with Gasteiger partial charge in [-0.05, 0) is 36.8 Å². The van der Waals surface area contributed by atoms with Crippen molar-refractivity contribution >= 4 is 5.91 Å². The van der Waals surface area contributed by atoms with Gasteiger partial charge in [0.05, 0.1) is 6.61 Å². The molecule has 0 radical (unpaired) electrons. The van der Waals surface area contributed by atoms with Crippen molar-refractivity contribution in [1.29, 1.82) is 0 Å². The number of carbonyl (C=O) groups is 1. The van der Waals surface area contributed by atoms with E-state index in [-0.39, 0.29) is 19.1 Å². The Morgan fingerprint density at radius 1 is 1.23 bits per heavy atom. The number of carbonyl (C=O) groups excluding carboxylic acids is 1. The molecule has 1 saturated carbocycles. The van der Waals surface area contributed by atoms with Crippen molar-refractivity contribution in [2.75, 3.05) is 19.8 Å². The molecule has 0 atom stereocenters. The maximum absolute atomic E-state index is 13.4. The molecule has 5 heteroatoms. The van der Waals surface area contributed by atoms with Crippen molar-refractivity contribution in [3.05, 3.63) is 29.6 Å². The summed E-state index contributed by atoms with van der Waals surface area (Å²) in [6.07, 6.45) is 7.15. The average Bonchev–Trinajstić information content (AvgIpc) is 2.61. The van der Waals surface area contributed by atoms with Gasteiger partial charge in [-0.25, -0.2) is 4.39 Å². The third kappa shape index (κ3) is 7.32. The summed E-state index contributed by atoms with van der Waals surface area (Å²) in [4.78, 5) is 11.9. The number of halogens is 1. The Kier molecular flexibility index (Phi) is 8.89. The zero-order chi connectivity index (χ0) is 18.8. The molecule has 4 nitrogen and oxygen atoms in total. The largest absolute Gasteiger partial charge is 0.491 e. The summed E-state index contributed by atoms with van der Waals surface area (Å²) in [6, 6.07) is 5.01. The first-order valence-electron chi connectivity index (χ1n) is 9.85. The second-order valence-corrected chi connectivity index (χ2v) is 7.30. The number of benzene rings is 1. The van der Waals surface area contributed by atoms with E-state index in [1.807, 2.05) is 0 Å². The van der Waals surface area contributed by atoms with Crippen molar-refractivity contribution in [2.24, 2.45) is 0 Å². The molecule has 1 aliphatic carbocycles. The molecule has 1 aromatic rings. The van der Waals surface area contributed by atoms with Crippen LogP contribution in [0.5, 0.6) is 5.75 Å². The molecule has 0 spiro atoms. The minimum absolute atomic E-state index is 0. The lowest BCUT2D eigenvalue weighted by molar-refractivity contribution is -0.122. The minimum atomic E-state index is -0.297. The molecular formula is C21H34FNO3. The number of amides is 1. The van der Waals surface area contributed by atoms with Gasteiger partial charge in [-0.3, -0.25) is 4.79 Å². The first-order valence-corrected chi connectivity index (χ1v) is 9.85. The Bertz CT molecular complexity index is 562. The van der Waals surface area contributed by atoms with Crippen molar-refractivity contribution in [1.82, 2.24) is 5.32 Å². The normalized spacial score (nSPS) is 15.2. The Morgan fingerprint density at radius 2 is 2.00 bits per heavy atom. The second-order valence-electron chi connectivity index (χ2n) is 7.30. The average molecular weight is 368 g/mol. The maximum atomic E-state index is 13.4. The fourth-order valence-corrected chi connectivity index (χ4v) is 3.30. The molecule has 2 rings (SSSR count). The molecular weight excluding hydrogens is 333 g/mol. The van der Waals surface area contributed by atoms with E-state index in [0.29, 0.717) is 44.5 Å². The molecule has 0 aliphatic heterocycles. The van der Waals surface area contributed by atoms with Crippen LogP contribution in [0, 0.1) is 5.82 Å². The van der Waals surface area contributed by atoms with E-state index in [9.17, 15) is 9.18 Å². The fourth-order valence-electron chi connectivity index (χ4n) is 3.30. The predicted octanol–water partition coefficient (Wildman–Crippen LogP) is 4.82. The van der Waals surface area contributed by atoms with Crippen molar-refractivity contribution < 1.29 is 20.1 Å². The Balaban J connectivity index is 0.00000364. The number of hydrogen-bond donors (Lipinski definition) is 1. The standard InChI is InChI=1S/C21H32FNO3.H2/c1-16(2)19-11-10-17(22)15-20(19)26-14-13-25-12-6-9-21(24)23-18-7-4-3-5-8-18;/h10-11,15-16,18H,3-9,12-14H2,1-2H3,(H,23,24);1H. The Labute approximate surface area is 157 Å². The smallest absolute Gasteiger partial charge is 0.220 e. The van der Waals surface area contributed by atoms with Crippen LogP contribution in [0.4, 0.5) is 4.39 Å². The summed E-state index contributed by atoms with van der Waals surface area (Å²) >= 11 is 0. The summed E-state index contributed by atoms with van der Waals surface area (Å²) in [5.41, 5.74) is 0.991. The zero-order valence-corrected chi connectivity index (χ0v) is 16.1. The first kappa shape index (κ1) is 20.7. The molecule has 0 heterocycles. The summed E-state index contributed by atoms with van der Waals surface area (Å²) in [5.74, 6) is 0.678. The molecule has 0 saturated heterocycles. The van der Waals surface area contributed by atoms with Crippen molar-refractivity contribution in [2.45, 2.75) is 70.8 Å². The highest BCUT2D eigenvalue weighted by Gasteiger charge is 2.15. The molecule has 26 heavy (non-hydrogen) atoms. The van der Waals surface area contributed by atoms with Crippen LogP contribution in [-0.4, -0.2) is 31.8 Å². The number of nitrogens with one attached hydrogen (secondary N) is 1. The van der Waals surface area contributed by atoms with E-state index in [4.69, 9.17) is 9.47 Å². The van der Waals surface area contributed by atoms with Crippen molar-refractivity contribution in [3.63, 3.8) is 0 Å². The summed E-state index contributed by atoms with van der Waals surface area (Å²) in [6.45, 7) is 5.43. The molecule has 1 fully saturated rings. The lowest BCUT2D eigenvalue weighted by atomic mass is 9.95. The van der Waals surface area contributed by atoms with Crippen LogP contribution in [0.15, 0.2) is 18.2 Å². The molecule has 1 N–H and O–H groups in total. The second kappa shape index (κ2) is 11.2. The van der Waals surface area contributed by atoms with E-state index in [0.717, 1.165) is 18.4 Å². The molecule has 1 amide bonds. The van der Waals surface area contributed by atoms with Crippen molar-refractivity contribution in [3.8, 4) is 5.75 Å².